The Morgan fingerprint density at radius 1 is 1.43 bits per heavy atom. The van der Waals surface area contributed by atoms with Crippen molar-refractivity contribution in [3.8, 4) is 0 Å². The van der Waals surface area contributed by atoms with Crippen LogP contribution in [0, 0.1) is 10.7 Å². The molecule has 0 amide bonds. The van der Waals surface area contributed by atoms with Gasteiger partial charge in [0.05, 0.1) is 0 Å². The lowest BCUT2D eigenvalue weighted by Gasteiger charge is -2.07. The van der Waals surface area contributed by atoms with E-state index in [1.54, 1.807) is 0 Å². The first kappa shape index (κ1) is 10.6. The minimum atomic E-state index is -4.86. The van der Waals surface area contributed by atoms with Crippen molar-refractivity contribution in [2.75, 3.05) is 0 Å². The first-order chi connectivity index (χ1) is 6.46. The lowest BCUT2D eigenvalue weighted by Crippen LogP contribution is -2.12. The predicted molar refractivity (Wildman–Crippen MR) is 38.7 cm³/mol. The molecule has 0 aliphatic rings. The van der Waals surface area contributed by atoms with Gasteiger partial charge >= 0.3 is 6.18 Å². The molecule has 3 nitrogen and oxygen atoms in total. The molecule has 1 rings (SSSR count). The molecule has 0 aromatic carbocycles. The molecule has 0 unspecified atom stereocenters. The summed E-state index contributed by atoms with van der Waals surface area (Å²) in [5, 5.41) is 2.30. The van der Waals surface area contributed by atoms with Gasteiger partial charge < -0.3 is 0 Å². The highest BCUT2D eigenvalue weighted by molar-refractivity contribution is 5.21. The fourth-order valence-corrected chi connectivity index (χ4v) is 0.873. The van der Waals surface area contributed by atoms with E-state index in [9.17, 15) is 22.5 Å². The monoisotopic (exact) mass is 208 g/mol. The van der Waals surface area contributed by atoms with Gasteiger partial charge in [-0.3, -0.25) is 0 Å². The van der Waals surface area contributed by atoms with Crippen molar-refractivity contribution in [3.63, 3.8) is 0 Å². The van der Waals surface area contributed by atoms with Crippen LogP contribution < -0.4 is 0 Å². The Labute approximate surface area is 75.7 Å². The molecule has 0 aliphatic heterocycles. The van der Waals surface area contributed by atoms with E-state index < -0.39 is 29.8 Å². The zero-order valence-electron chi connectivity index (χ0n) is 6.68. The van der Waals surface area contributed by atoms with Crippen LogP contribution in [0.1, 0.15) is 11.3 Å². The van der Waals surface area contributed by atoms with Crippen LogP contribution >= 0.6 is 0 Å². The first-order valence-electron chi connectivity index (χ1n) is 3.46. The van der Waals surface area contributed by atoms with Crippen molar-refractivity contribution < 1.29 is 17.6 Å². The predicted octanol–water partition coefficient (Wildman–Crippen LogP) is 2.51. The maximum Gasteiger partial charge on any atom is 0.436 e. The summed E-state index contributed by atoms with van der Waals surface area (Å²) < 4.78 is 49.1. The van der Waals surface area contributed by atoms with E-state index in [4.69, 9.17) is 0 Å². The molecule has 0 aliphatic carbocycles. The number of hydrogen-bond acceptors (Lipinski definition) is 3. The Balaban J connectivity index is 3.20. The van der Waals surface area contributed by atoms with E-state index in [0.717, 1.165) is 12.3 Å². The SMILES string of the molecule is O=NCc1ccnc(C(F)(F)F)c1F. The number of hydrogen-bond donors (Lipinski definition) is 0. The number of nitroso groups, excluding NO2 is 1. The lowest BCUT2D eigenvalue weighted by molar-refractivity contribution is -0.143. The number of alkyl halides is 3. The Bertz CT molecular complexity index is 350. The van der Waals surface area contributed by atoms with Gasteiger partial charge in [0, 0.05) is 11.8 Å². The minimum absolute atomic E-state index is 0.415. The molecule has 0 saturated heterocycles. The number of nitrogens with zero attached hydrogens (tertiary/aromatic N) is 2. The second-order valence-corrected chi connectivity index (χ2v) is 2.42. The van der Waals surface area contributed by atoms with Gasteiger partial charge in [-0.05, 0) is 6.07 Å². The molecule has 0 atom stereocenters. The van der Waals surface area contributed by atoms with E-state index in [1.165, 1.54) is 0 Å². The van der Waals surface area contributed by atoms with Gasteiger partial charge in [0.25, 0.3) is 0 Å². The standard InChI is InChI=1S/C7H4F4N2O/c8-5-4(3-13-14)1-2-12-6(5)7(9,10)11/h1-2H,3H2. The number of halogens is 4. The highest BCUT2D eigenvalue weighted by Crippen LogP contribution is 2.30. The van der Waals surface area contributed by atoms with Crippen LogP contribution in [0.2, 0.25) is 0 Å². The highest BCUT2D eigenvalue weighted by atomic mass is 19.4. The summed E-state index contributed by atoms with van der Waals surface area (Å²) in [6, 6.07) is 0.978. The zero-order chi connectivity index (χ0) is 10.8. The third kappa shape index (κ3) is 2.04. The number of pyridine rings is 1. The Morgan fingerprint density at radius 2 is 2.07 bits per heavy atom. The first-order valence-corrected chi connectivity index (χ1v) is 3.46. The van der Waals surface area contributed by atoms with E-state index in [-0.39, 0.29) is 0 Å². The minimum Gasteiger partial charge on any atom is -0.249 e. The van der Waals surface area contributed by atoms with Crippen LogP contribution in [0.4, 0.5) is 17.6 Å². The normalized spacial score (nSPS) is 11.4. The fraction of sp³-hybridized carbons (Fsp3) is 0.286. The molecule has 0 fully saturated rings. The van der Waals surface area contributed by atoms with Crippen LogP contribution in [0.5, 0.6) is 0 Å². The summed E-state index contributed by atoms with van der Waals surface area (Å²) in [7, 11) is 0. The molecular formula is C7H4F4N2O. The maximum absolute atomic E-state index is 13.0. The molecule has 76 valence electrons. The fourth-order valence-electron chi connectivity index (χ4n) is 0.873. The van der Waals surface area contributed by atoms with E-state index in [2.05, 4.69) is 10.2 Å². The largest absolute Gasteiger partial charge is 0.436 e. The van der Waals surface area contributed by atoms with Crippen LogP contribution in [0.15, 0.2) is 17.4 Å². The summed E-state index contributed by atoms with van der Waals surface area (Å²) in [4.78, 5) is 12.6. The van der Waals surface area contributed by atoms with Crippen molar-refractivity contribution in [1.29, 1.82) is 0 Å². The summed E-state index contributed by atoms with van der Waals surface area (Å²) in [6.45, 7) is -0.641. The second-order valence-electron chi connectivity index (χ2n) is 2.42. The van der Waals surface area contributed by atoms with Gasteiger partial charge in [0.2, 0.25) is 0 Å². The number of aromatic nitrogens is 1. The van der Waals surface area contributed by atoms with E-state index >= 15 is 0 Å². The Hall–Kier alpha value is -1.53. The van der Waals surface area contributed by atoms with Gasteiger partial charge in [-0.15, -0.1) is 0 Å². The summed E-state index contributed by atoms with van der Waals surface area (Å²) in [5.74, 6) is -1.54. The number of rotatable bonds is 2. The molecule has 14 heavy (non-hydrogen) atoms. The van der Waals surface area contributed by atoms with Gasteiger partial charge in [-0.25, -0.2) is 9.37 Å². The molecular weight excluding hydrogens is 204 g/mol. The quantitative estimate of drug-likeness (QED) is 0.553. The lowest BCUT2D eigenvalue weighted by atomic mass is 10.2. The molecule has 0 saturated carbocycles. The van der Waals surface area contributed by atoms with Crippen LogP contribution in [-0.4, -0.2) is 4.98 Å². The Kier molecular flexibility index (Phi) is 2.78. The van der Waals surface area contributed by atoms with Crippen molar-refractivity contribution in [1.82, 2.24) is 4.98 Å². The summed E-state index contributed by atoms with van der Waals surface area (Å²) >= 11 is 0. The van der Waals surface area contributed by atoms with Crippen molar-refractivity contribution >= 4 is 0 Å². The molecule has 0 radical (unpaired) electrons. The molecule has 7 heteroatoms. The average molecular weight is 208 g/mol. The molecule has 1 aromatic rings. The van der Waals surface area contributed by atoms with Crippen molar-refractivity contribution in [3.05, 3.63) is 34.2 Å². The van der Waals surface area contributed by atoms with Crippen molar-refractivity contribution in [2.24, 2.45) is 5.18 Å². The molecule has 0 spiro atoms. The van der Waals surface area contributed by atoms with Gasteiger partial charge in [-0.2, -0.15) is 18.1 Å². The smallest absolute Gasteiger partial charge is 0.249 e. The topological polar surface area (TPSA) is 42.3 Å². The van der Waals surface area contributed by atoms with Crippen molar-refractivity contribution in [2.45, 2.75) is 12.7 Å². The Morgan fingerprint density at radius 3 is 2.57 bits per heavy atom. The molecule has 0 bridgehead atoms. The maximum atomic E-state index is 13.0. The zero-order valence-corrected chi connectivity index (χ0v) is 6.68. The molecule has 0 N–H and O–H groups in total. The van der Waals surface area contributed by atoms with Crippen LogP contribution in [0.25, 0.3) is 0 Å². The highest BCUT2D eigenvalue weighted by Gasteiger charge is 2.36. The molecule has 1 aromatic heterocycles. The second kappa shape index (κ2) is 3.69. The van der Waals surface area contributed by atoms with Crippen LogP contribution in [0.3, 0.4) is 0 Å². The average Bonchev–Trinajstić information content (AvgIpc) is 2.07. The van der Waals surface area contributed by atoms with Gasteiger partial charge in [0.1, 0.15) is 6.54 Å². The summed E-state index contributed by atoms with van der Waals surface area (Å²) in [6.07, 6.45) is -4.07. The van der Waals surface area contributed by atoms with Crippen LogP contribution in [-0.2, 0) is 12.7 Å². The summed E-state index contributed by atoms with van der Waals surface area (Å²) in [5.41, 5.74) is -2.04. The van der Waals surface area contributed by atoms with Gasteiger partial charge in [0.15, 0.2) is 11.5 Å². The third-order valence-corrected chi connectivity index (χ3v) is 1.47. The molecule has 1 heterocycles. The van der Waals surface area contributed by atoms with Gasteiger partial charge in [-0.1, -0.05) is 5.18 Å². The van der Waals surface area contributed by atoms with E-state index in [0.29, 0.717) is 0 Å². The van der Waals surface area contributed by atoms with E-state index in [1.807, 2.05) is 0 Å². The third-order valence-electron chi connectivity index (χ3n) is 1.47.